The summed E-state index contributed by atoms with van der Waals surface area (Å²) >= 11 is 3.19. The molecule has 0 aliphatic rings. The molecule has 1 N–H and O–H groups in total. The summed E-state index contributed by atoms with van der Waals surface area (Å²) in [4.78, 5) is 21.3. The van der Waals surface area contributed by atoms with Crippen molar-refractivity contribution in [2.45, 2.75) is 6.61 Å². The second-order valence-electron chi connectivity index (χ2n) is 4.16. The van der Waals surface area contributed by atoms with E-state index in [1.165, 1.54) is 24.3 Å². The Morgan fingerprint density at radius 1 is 1.29 bits per heavy atom. The van der Waals surface area contributed by atoms with Gasteiger partial charge in [-0.05, 0) is 23.8 Å². The first kappa shape index (κ1) is 15.0. The Labute approximate surface area is 128 Å². The van der Waals surface area contributed by atoms with Crippen LogP contribution in [-0.2, 0) is 6.61 Å². The van der Waals surface area contributed by atoms with Crippen molar-refractivity contribution in [1.29, 1.82) is 0 Å². The second-order valence-corrected chi connectivity index (χ2v) is 5.08. The van der Waals surface area contributed by atoms with Crippen LogP contribution in [0.1, 0.15) is 15.9 Å². The van der Waals surface area contributed by atoms with Crippen LogP contribution in [0.5, 0.6) is 5.75 Å². The quantitative estimate of drug-likeness (QED) is 0.656. The van der Waals surface area contributed by atoms with Gasteiger partial charge in [-0.25, -0.2) is 4.79 Å². The van der Waals surface area contributed by atoms with Gasteiger partial charge in [0.2, 0.25) is 0 Å². The number of aromatic carboxylic acids is 1. The van der Waals surface area contributed by atoms with Crippen molar-refractivity contribution < 1.29 is 19.6 Å². The fourth-order valence-corrected chi connectivity index (χ4v) is 2.08. The molecule has 21 heavy (non-hydrogen) atoms. The molecule has 0 aromatic heterocycles. The number of nitrogens with zero attached hydrogens (tertiary/aromatic N) is 1. The van der Waals surface area contributed by atoms with E-state index in [0.29, 0.717) is 10.0 Å². The van der Waals surface area contributed by atoms with Crippen LogP contribution < -0.4 is 4.74 Å². The van der Waals surface area contributed by atoms with Crippen LogP contribution in [0.2, 0.25) is 0 Å². The zero-order valence-electron chi connectivity index (χ0n) is 10.7. The number of non-ortho nitro benzene ring substituents is 1. The normalized spacial score (nSPS) is 10.1. The maximum Gasteiger partial charge on any atom is 0.339 e. The smallest absolute Gasteiger partial charge is 0.339 e. The first-order valence-electron chi connectivity index (χ1n) is 5.86. The number of carboxylic acid groups (broad SMARTS) is 1. The van der Waals surface area contributed by atoms with E-state index in [4.69, 9.17) is 9.84 Å². The largest absolute Gasteiger partial charge is 0.488 e. The standard InChI is InChI=1S/C14H10BrNO5/c15-10-4-5-13(12(7-10)14(17)18)21-8-9-2-1-3-11(6-9)16(19)20/h1-7H,8H2,(H,17,18). The predicted octanol–water partition coefficient (Wildman–Crippen LogP) is 3.63. The van der Waals surface area contributed by atoms with E-state index in [1.54, 1.807) is 18.2 Å². The monoisotopic (exact) mass is 351 g/mol. The first-order valence-corrected chi connectivity index (χ1v) is 6.65. The number of nitro benzene ring substituents is 1. The number of ether oxygens (including phenoxy) is 1. The summed E-state index contributed by atoms with van der Waals surface area (Å²) < 4.78 is 6.08. The van der Waals surface area contributed by atoms with E-state index in [-0.39, 0.29) is 23.6 Å². The number of hydrogen-bond donors (Lipinski definition) is 1. The molecule has 6 nitrogen and oxygen atoms in total. The minimum Gasteiger partial charge on any atom is -0.488 e. The summed E-state index contributed by atoms with van der Waals surface area (Å²) in [6.45, 7) is 0.0452. The fraction of sp³-hybridized carbons (Fsp3) is 0.0714. The van der Waals surface area contributed by atoms with Gasteiger partial charge in [-0.3, -0.25) is 10.1 Å². The Bertz CT molecular complexity index is 702. The summed E-state index contributed by atoms with van der Waals surface area (Å²) in [6, 6.07) is 10.6. The number of benzene rings is 2. The Hall–Kier alpha value is -2.41. The molecule has 0 spiro atoms. The second kappa shape index (κ2) is 6.36. The molecule has 0 saturated heterocycles. The molecule has 0 amide bonds. The highest BCUT2D eigenvalue weighted by Gasteiger charge is 2.12. The first-order chi connectivity index (χ1) is 9.97. The van der Waals surface area contributed by atoms with E-state index < -0.39 is 10.9 Å². The lowest BCUT2D eigenvalue weighted by atomic mass is 10.2. The highest BCUT2D eigenvalue weighted by Crippen LogP contribution is 2.24. The van der Waals surface area contributed by atoms with Gasteiger partial charge in [0.05, 0.1) is 4.92 Å². The molecular formula is C14H10BrNO5. The van der Waals surface area contributed by atoms with Crippen LogP contribution in [0.4, 0.5) is 5.69 Å². The van der Waals surface area contributed by atoms with Crippen molar-refractivity contribution in [3.63, 3.8) is 0 Å². The molecule has 0 heterocycles. The van der Waals surface area contributed by atoms with Gasteiger partial charge in [-0.15, -0.1) is 0 Å². The van der Waals surface area contributed by atoms with Gasteiger partial charge in [0.15, 0.2) is 0 Å². The van der Waals surface area contributed by atoms with Crippen LogP contribution in [0.15, 0.2) is 46.9 Å². The zero-order chi connectivity index (χ0) is 15.4. The molecule has 7 heteroatoms. The third-order valence-corrected chi connectivity index (χ3v) is 3.18. The average molecular weight is 352 g/mol. The molecule has 0 aliphatic carbocycles. The van der Waals surface area contributed by atoms with Gasteiger partial charge >= 0.3 is 5.97 Å². The lowest BCUT2D eigenvalue weighted by molar-refractivity contribution is -0.384. The van der Waals surface area contributed by atoms with Crippen LogP contribution in [0.3, 0.4) is 0 Å². The van der Waals surface area contributed by atoms with Crippen molar-refractivity contribution in [3.8, 4) is 5.75 Å². The maximum absolute atomic E-state index is 11.1. The Morgan fingerprint density at radius 3 is 2.71 bits per heavy atom. The summed E-state index contributed by atoms with van der Waals surface area (Å²) in [7, 11) is 0. The van der Waals surface area contributed by atoms with Crippen LogP contribution in [-0.4, -0.2) is 16.0 Å². The molecule has 0 unspecified atom stereocenters. The van der Waals surface area contributed by atoms with E-state index in [0.717, 1.165) is 0 Å². The highest BCUT2D eigenvalue weighted by atomic mass is 79.9. The molecule has 0 bridgehead atoms. The number of carboxylic acids is 1. The number of hydrogen-bond acceptors (Lipinski definition) is 4. The third-order valence-electron chi connectivity index (χ3n) is 2.69. The van der Waals surface area contributed by atoms with Gasteiger partial charge in [0, 0.05) is 16.6 Å². The Kier molecular flexibility index (Phi) is 4.54. The van der Waals surface area contributed by atoms with Crippen LogP contribution >= 0.6 is 15.9 Å². The van der Waals surface area contributed by atoms with Gasteiger partial charge in [0.25, 0.3) is 5.69 Å². The third kappa shape index (κ3) is 3.79. The van der Waals surface area contributed by atoms with Crippen LogP contribution in [0, 0.1) is 10.1 Å². The summed E-state index contributed by atoms with van der Waals surface area (Å²) in [5.41, 5.74) is 0.573. The molecular weight excluding hydrogens is 342 g/mol. The molecule has 0 fully saturated rings. The molecule has 0 atom stereocenters. The number of rotatable bonds is 5. The molecule has 2 rings (SSSR count). The summed E-state index contributed by atoms with van der Waals surface area (Å²) in [5, 5.41) is 19.8. The van der Waals surface area contributed by atoms with Crippen molar-refractivity contribution in [2.24, 2.45) is 0 Å². The molecule has 0 radical (unpaired) electrons. The van der Waals surface area contributed by atoms with E-state index in [1.807, 2.05) is 0 Å². The van der Waals surface area contributed by atoms with Crippen molar-refractivity contribution in [1.82, 2.24) is 0 Å². The van der Waals surface area contributed by atoms with E-state index in [9.17, 15) is 14.9 Å². The lowest BCUT2D eigenvalue weighted by Crippen LogP contribution is -2.03. The Balaban J connectivity index is 2.18. The summed E-state index contributed by atoms with van der Waals surface area (Å²) in [6.07, 6.45) is 0. The minimum atomic E-state index is -1.11. The maximum atomic E-state index is 11.1. The van der Waals surface area contributed by atoms with Crippen LogP contribution in [0.25, 0.3) is 0 Å². The van der Waals surface area contributed by atoms with Crippen molar-refractivity contribution in [2.75, 3.05) is 0 Å². The van der Waals surface area contributed by atoms with E-state index in [2.05, 4.69) is 15.9 Å². The molecule has 108 valence electrons. The number of halogens is 1. The molecule has 2 aromatic rings. The number of nitro groups is 1. The molecule has 0 saturated carbocycles. The van der Waals surface area contributed by atoms with Gasteiger partial charge in [-0.1, -0.05) is 28.1 Å². The minimum absolute atomic E-state index is 0.0230. The molecule has 2 aromatic carbocycles. The molecule has 0 aliphatic heterocycles. The van der Waals surface area contributed by atoms with E-state index >= 15 is 0 Å². The van der Waals surface area contributed by atoms with Gasteiger partial charge < -0.3 is 9.84 Å². The highest BCUT2D eigenvalue weighted by molar-refractivity contribution is 9.10. The Morgan fingerprint density at radius 2 is 2.05 bits per heavy atom. The topological polar surface area (TPSA) is 89.7 Å². The number of carbonyl (C=O) groups is 1. The summed E-state index contributed by atoms with van der Waals surface area (Å²) in [5.74, 6) is -0.900. The fourth-order valence-electron chi connectivity index (χ4n) is 1.72. The van der Waals surface area contributed by atoms with Crippen molar-refractivity contribution in [3.05, 3.63) is 68.2 Å². The zero-order valence-corrected chi connectivity index (χ0v) is 12.2. The predicted molar refractivity (Wildman–Crippen MR) is 78.5 cm³/mol. The average Bonchev–Trinajstić information content (AvgIpc) is 2.46. The lowest BCUT2D eigenvalue weighted by Gasteiger charge is -2.09. The van der Waals surface area contributed by atoms with Gasteiger partial charge in [-0.2, -0.15) is 0 Å². The van der Waals surface area contributed by atoms with Gasteiger partial charge in [0.1, 0.15) is 17.9 Å². The van der Waals surface area contributed by atoms with Crippen molar-refractivity contribution >= 4 is 27.6 Å². The SMILES string of the molecule is O=C(O)c1cc(Br)ccc1OCc1cccc([N+](=O)[O-])c1.